The Kier molecular flexibility index (Phi) is 3.48. The molecule has 1 aromatic carbocycles. The Hall–Kier alpha value is -1.09. The Morgan fingerprint density at radius 1 is 1.37 bits per heavy atom. The summed E-state index contributed by atoms with van der Waals surface area (Å²) in [7, 11) is 2.05. The lowest BCUT2D eigenvalue weighted by molar-refractivity contribution is 0.177. The van der Waals surface area contributed by atoms with Crippen molar-refractivity contribution in [3.8, 4) is 5.75 Å². The van der Waals surface area contributed by atoms with Crippen LogP contribution in [0.1, 0.15) is 31.7 Å². The first kappa shape index (κ1) is 12.9. The van der Waals surface area contributed by atoms with E-state index < -0.39 is 0 Å². The van der Waals surface area contributed by atoms with Gasteiger partial charge in [-0.15, -0.1) is 0 Å². The summed E-state index contributed by atoms with van der Waals surface area (Å²) in [4.78, 5) is 0. The highest BCUT2D eigenvalue weighted by molar-refractivity contribution is 5.37. The van der Waals surface area contributed by atoms with Gasteiger partial charge in [-0.05, 0) is 56.3 Å². The van der Waals surface area contributed by atoms with Crippen LogP contribution in [0.3, 0.4) is 0 Å². The van der Waals surface area contributed by atoms with Crippen molar-refractivity contribution < 1.29 is 9.13 Å². The van der Waals surface area contributed by atoms with Gasteiger partial charge < -0.3 is 10.1 Å². The molecule has 104 valence electrons. The van der Waals surface area contributed by atoms with Crippen molar-refractivity contribution in [3.63, 3.8) is 0 Å². The molecule has 3 heteroatoms. The van der Waals surface area contributed by atoms with Crippen molar-refractivity contribution >= 4 is 0 Å². The number of halogens is 1. The van der Waals surface area contributed by atoms with Crippen LogP contribution in [0.15, 0.2) is 18.2 Å². The second-order valence-corrected chi connectivity index (χ2v) is 6.02. The van der Waals surface area contributed by atoms with Crippen molar-refractivity contribution in [2.45, 2.75) is 44.8 Å². The first-order chi connectivity index (χ1) is 9.17. The maximum atomic E-state index is 13.2. The third-order valence-electron chi connectivity index (χ3n) is 4.93. The quantitative estimate of drug-likeness (QED) is 0.904. The van der Waals surface area contributed by atoms with E-state index in [4.69, 9.17) is 4.74 Å². The zero-order chi connectivity index (χ0) is 13.4. The Balaban J connectivity index is 1.62. The number of hydrogen-bond donors (Lipinski definition) is 1. The monoisotopic (exact) mass is 263 g/mol. The topological polar surface area (TPSA) is 21.3 Å². The number of rotatable bonds is 3. The number of benzene rings is 1. The molecule has 0 spiro atoms. The fourth-order valence-electron chi connectivity index (χ4n) is 3.75. The standard InChI is InChI=1S/C16H22FNO/c1-10-11(3-5-15(10)18-2)8-14-9-12-7-13(17)4-6-16(12)19-14/h4,6-7,10-11,14-15,18H,3,5,8-9H2,1-2H3. The average molecular weight is 263 g/mol. The Morgan fingerprint density at radius 2 is 2.21 bits per heavy atom. The van der Waals surface area contributed by atoms with E-state index in [0.29, 0.717) is 12.0 Å². The highest BCUT2D eigenvalue weighted by atomic mass is 19.1. The van der Waals surface area contributed by atoms with Crippen LogP contribution < -0.4 is 10.1 Å². The highest BCUT2D eigenvalue weighted by Crippen LogP contribution is 2.38. The van der Waals surface area contributed by atoms with E-state index >= 15 is 0 Å². The summed E-state index contributed by atoms with van der Waals surface area (Å²) >= 11 is 0. The lowest BCUT2D eigenvalue weighted by atomic mass is 9.89. The Labute approximate surface area is 114 Å². The highest BCUT2D eigenvalue weighted by Gasteiger charge is 2.35. The minimum Gasteiger partial charge on any atom is -0.490 e. The summed E-state index contributed by atoms with van der Waals surface area (Å²) < 4.78 is 19.1. The predicted molar refractivity (Wildman–Crippen MR) is 73.9 cm³/mol. The van der Waals surface area contributed by atoms with Gasteiger partial charge in [0.2, 0.25) is 0 Å². The van der Waals surface area contributed by atoms with Gasteiger partial charge in [-0.3, -0.25) is 0 Å². The van der Waals surface area contributed by atoms with Crippen LogP contribution in [-0.2, 0) is 6.42 Å². The summed E-state index contributed by atoms with van der Waals surface area (Å²) in [6.45, 7) is 2.33. The molecule has 1 heterocycles. The molecule has 0 aromatic heterocycles. The van der Waals surface area contributed by atoms with Gasteiger partial charge in [0, 0.05) is 18.0 Å². The first-order valence-corrected chi connectivity index (χ1v) is 7.29. The molecule has 0 saturated heterocycles. The number of fused-ring (bicyclic) bond motifs is 1. The molecular weight excluding hydrogens is 241 g/mol. The lowest BCUT2D eigenvalue weighted by Gasteiger charge is -2.22. The van der Waals surface area contributed by atoms with Crippen LogP contribution in [-0.4, -0.2) is 19.2 Å². The molecule has 1 aromatic rings. The molecule has 1 aliphatic carbocycles. The normalized spacial score (nSPS) is 33.2. The second kappa shape index (κ2) is 5.12. The van der Waals surface area contributed by atoms with Crippen molar-refractivity contribution in [2.24, 2.45) is 11.8 Å². The van der Waals surface area contributed by atoms with E-state index in [2.05, 4.69) is 12.2 Å². The third-order valence-corrected chi connectivity index (χ3v) is 4.93. The van der Waals surface area contributed by atoms with Crippen LogP contribution in [0.4, 0.5) is 4.39 Å². The van der Waals surface area contributed by atoms with E-state index in [0.717, 1.165) is 30.1 Å². The molecule has 1 N–H and O–H groups in total. The van der Waals surface area contributed by atoms with Crippen molar-refractivity contribution in [1.82, 2.24) is 5.32 Å². The maximum Gasteiger partial charge on any atom is 0.123 e. The molecule has 2 aliphatic rings. The van der Waals surface area contributed by atoms with Crippen LogP contribution in [0, 0.1) is 17.7 Å². The van der Waals surface area contributed by atoms with Gasteiger partial charge in [0.1, 0.15) is 17.7 Å². The van der Waals surface area contributed by atoms with Gasteiger partial charge in [0.25, 0.3) is 0 Å². The molecule has 19 heavy (non-hydrogen) atoms. The van der Waals surface area contributed by atoms with Crippen molar-refractivity contribution in [3.05, 3.63) is 29.6 Å². The van der Waals surface area contributed by atoms with E-state index in [1.807, 2.05) is 7.05 Å². The Morgan fingerprint density at radius 3 is 2.95 bits per heavy atom. The zero-order valence-corrected chi connectivity index (χ0v) is 11.7. The molecule has 0 amide bonds. The molecule has 1 saturated carbocycles. The van der Waals surface area contributed by atoms with E-state index in [1.165, 1.54) is 18.9 Å². The smallest absolute Gasteiger partial charge is 0.123 e. The van der Waals surface area contributed by atoms with E-state index in [1.54, 1.807) is 12.1 Å². The molecule has 2 nitrogen and oxygen atoms in total. The van der Waals surface area contributed by atoms with Crippen molar-refractivity contribution in [2.75, 3.05) is 7.05 Å². The van der Waals surface area contributed by atoms with Crippen LogP contribution in [0.25, 0.3) is 0 Å². The fraction of sp³-hybridized carbons (Fsp3) is 0.625. The summed E-state index contributed by atoms with van der Waals surface area (Å²) in [5.74, 6) is 2.14. The number of nitrogens with one attached hydrogen (secondary N) is 1. The van der Waals surface area contributed by atoms with Gasteiger partial charge >= 0.3 is 0 Å². The summed E-state index contributed by atoms with van der Waals surface area (Å²) in [6.07, 6.45) is 4.73. The number of ether oxygens (including phenoxy) is 1. The van der Waals surface area contributed by atoms with Crippen LogP contribution >= 0.6 is 0 Å². The minimum absolute atomic E-state index is 0.160. The second-order valence-electron chi connectivity index (χ2n) is 6.02. The Bertz CT molecular complexity index is 462. The minimum atomic E-state index is -0.160. The van der Waals surface area contributed by atoms with Gasteiger partial charge in [0.05, 0.1) is 0 Å². The predicted octanol–water partition coefficient (Wildman–Crippen LogP) is 3.15. The van der Waals surface area contributed by atoms with Gasteiger partial charge in [-0.2, -0.15) is 0 Å². The summed E-state index contributed by atoms with van der Waals surface area (Å²) in [5, 5.41) is 3.40. The molecule has 3 rings (SSSR count). The van der Waals surface area contributed by atoms with E-state index in [-0.39, 0.29) is 11.9 Å². The fourth-order valence-corrected chi connectivity index (χ4v) is 3.75. The van der Waals surface area contributed by atoms with Crippen molar-refractivity contribution in [1.29, 1.82) is 0 Å². The SMILES string of the molecule is CNC1CCC(CC2Cc3cc(F)ccc3O2)C1C. The molecule has 1 fully saturated rings. The lowest BCUT2D eigenvalue weighted by Crippen LogP contribution is -2.30. The third kappa shape index (κ3) is 2.48. The van der Waals surface area contributed by atoms with Gasteiger partial charge in [-0.25, -0.2) is 4.39 Å². The molecule has 0 radical (unpaired) electrons. The van der Waals surface area contributed by atoms with Crippen LogP contribution in [0.5, 0.6) is 5.75 Å². The van der Waals surface area contributed by atoms with Gasteiger partial charge in [0.15, 0.2) is 0 Å². The molecule has 0 bridgehead atoms. The maximum absolute atomic E-state index is 13.2. The molecule has 4 atom stereocenters. The first-order valence-electron chi connectivity index (χ1n) is 7.29. The van der Waals surface area contributed by atoms with Crippen LogP contribution in [0.2, 0.25) is 0 Å². The van der Waals surface area contributed by atoms with E-state index in [9.17, 15) is 4.39 Å². The molecule has 4 unspecified atom stereocenters. The number of hydrogen-bond acceptors (Lipinski definition) is 2. The summed E-state index contributed by atoms with van der Waals surface area (Å²) in [5.41, 5.74) is 1.03. The van der Waals surface area contributed by atoms with Gasteiger partial charge in [-0.1, -0.05) is 6.92 Å². The largest absolute Gasteiger partial charge is 0.490 e. The molecular formula is C16H22FNO. The molecule has 1 aliphatic heterocycles. The average Bonchev–Trinajstić information content (AvgIpc) is 2.93. The zero-order valence-electron chi connectivity index (χ0n) is 11.7. The summed E-state index contributed by atoms with van der Waals surface area (Å²) in [6, 6.07) is 5.51.